The molecule has 1 heterocycles. The fourth-order valence-electron chi connectivity index (χ4n) is 0.798. The first kappa shape index (κ1) is 12.2. The molecule has 12 heavy (non-hydrogen) atoms. The van der Waals surface area contributed by atoms with Crippen LogP contribution in [0.25, 0.3) is 0 Å². The van der Waals surface area contributed by atoms with Gasteiger partial charge in [0.25, 0.3) is 0 Å². The Hall–Kier alpha value is 0.246. The van der Waals surface area contributed by atoms with E-state index < -0.39 is 5.97 Å². The van der Waals surface area contributed by atoms with Crippen LogP contribution >= 0.6 is 0 Å². The minimum atomic E-state index is -1.28. The van der Waals surface area contributed by atoms with Crippen molar-refractivity contribution < 1.29 is 61.3 Å². The zero-order chi connectivity index (χ0) is 8.27. The summed E-state index contributed by atoms with van der Waals surface area (Å²) in [4.78, 5) is 13.8. The summed E-state index contributed by atoms with van der Waals surface area (Å²) in [5.74, 6) is -1.39. The Labute approximate surface area is 113 Å². The van der Waals surface area contributed by atoms with Gasteiger partial charge in [0.2, 0.25) is 0 Å². The van der Waals surface area contributed by atoms with Gasteiger partial charge in [0.05, 0.1) is 0 Å². The maximum Gasteiger partial charge on any atom is 1.00 e. The van der Waals surface area contributed by atoms with Gasteiger partial charge in [-0.25, -0.2) is 9.67 Å². The molecule has 0 fully saturated rings. The molecule has 0 aliphatic rings. The van der Waals surface area contributed by atoms with Crippen LogP contribution in [0.4, 0.5) is 0 Å². The summed E-state index contributed by atoms with van der Waals surface area (Å²) >= 11 is 0. The maximum absolute atomic E-state index is 10.3. The molecular formula is C6H8KN3O2. The van der Waals surface area contributed by atoms with Gasteiger partial charge in [0.1, 0.15) is 12.3 Å². The van der Waals surface area contributed by atoms with E-state index in [9.17, 15) is 9.90 Å². The summed E-state index contributed by atoms with van der Waals surface area (Å²) in [6.07, 6.45) is 2.03. The second kappa shape index (κ2) is 5.82. The number of hydrogen-bond acceptors (Lipinski definition) is 4. The Morgan fingerprint density at radius 3 is 2.92 bits per heavy atom. The number of aromatic carboxylic acids is 1. The second-order valence-electron chi connectivity index (χ2n) is 2.09. The Kier molecular flexibility index (Phi) is 5.94. The quantitative estimate of drug-likeness (QED) is 0.459. The zero-order valence-electron chi connectivity index (χ0n) is 7.15. The first-order valence-corrected chi connectivity index (χ1v) is 3.35. The molecule has 0 spiro atoms. The van der Waals surface area contributed by atoms with Gasteiger partial charge in [-0.3, -0.25) is 0 Å². The van der Waals surface area contributed by atoms with Crippen molar-refractivity contribution in [1.82, 2.24) is 14.8 Å². The van der Waals surface area contributed by atoms with E-state index in [1.54, 1.807) is 0 Å². The summed E-state index contributed by atoms with van der Waals surface area (Å²) in [6, 6.07) is 0. The molecule has 0 unspecified atom stereocenters. The van der Waals surface area contributed by atoms with Gasteiger partial charge in [0, 0.05) is 6.54 Å². The minimum Gasteiger partial charge on any atom is -0.542 e. The van der Waals surface area contributed by atoms with Crippen molar-refractivity contribution in [2.45, 2.75) is 19.9 Å². The SMILES string of the molecule is CCCn1ncnc1C(=O)[O-].[K+]. The fraction of sp³-hybridized carbons (Fsp3) is 0.500. The van der Waals surface area contributed by atoms with E-state index in [2.05, 4.69) is 10.1 Å². The molecule has 5 nitrogen and oxygen atoms in total. The van der Waals surface area contributed by atoms with Crippen molar-refractivity contribution in [1.29, 1.82) is 0 Å². The molecular weight excluding hydrogens is 185 g/mol. The number of rotatable bonds is 3. The minimum absolute atomic E-state index is 0. The third kappa shape index (κ3) is 2.95. The van der Waals surface area contributed by atoms with Crippen LogP contribution in [-0.4, -0.2) is 20.7 Å². The number of nitrogens with zero attached hydrogens (tertiary/aromatic N) is 3. The van der Waals surface area contributed by atoms with Crippen LogP contribution in [0, 0.1) is 0 Å². The Morgan fingerprint density at radius 1 is 1.75 bits per heavy atom. The van der Waals surface area contributed by atoms with Crippen molar-refractivity contribution in [2.24, 2.45) is 0 Å². The van der Waals surface area contributed by atoms with Crippen LogP contribution in [-0.2, 0) is 6.54 Å². The number of carbonyl (C=O) groups is 1. The largest absolute Gasteiger partial charge is 1.00 e. The molecule has 0 N–H and O–H groups in total. The van der Waals surface area contributed by atoms with E-state index >= 15 is 0 Å². The van der Waals surface area contributed by atoms with Gasteiger partial charge >= 0.3 is 51.4 Å². The van der Waals surface area contributed by atoms with E-state index in [-0.39, 0.29) is 57.2 Å². The molecule has 60 valence electrons. The predicted octanol–water partition coefficient (Wildman–Crippen LogP) is -3.94. The Morgan fingerprint density at radius 2 is 2.42 bits per heavy atom. The van der Waals surface area contributed by atoms with Crippen molar-refractivity contribution in [3.8, 4) is 0 Å². The van der Waals surface area contributed by atoms with E-state index in [1.807, 2.05) is 6.92 Å². The number of aromatic nitrogens is 3. The molecule has 1 aromatic rings. The van der Waals surface area contributed by atoms with E-state index in [0.717, 1.165) is 6.42 Å². The smallest absolute Gasteiger partial charge is 0.542 e. The van der Waals surface area contributed by atoms with Crippen LogP contribution in [0.1, 0.15) is 24.0 Å². The van der Waals surface area contributed by atoms with Gasteiger partial charge < -0.3 is 9.90 Å². The fourth-order valence-corrected chi connectivity index (χ4v) is 0.798. The molecule has 0 atom stereocenters. The van der Waals surface area contributed by atoms with E-state index in [0.29, 0.717) is 6.54 Å². The van der Waals surface area contributed by atoms with Crippen molar-refractivity contribution in [3.63, 3.8) is 0 Å². The molecule has 0 bridgehead atoms. The summed E-state index contributed by atoms with van der Waals surface area (Å²) in [7, 11) is 0. The Balaban J connectivity index is 0.00000121. The summed E-state index contributed by atoms with van der Waals surface area (Å²) in [5.41, 5.74) is 0. The van der Waals surface area contributed by atoms with Crippen molar-refractivity contribution in [3.05, 3.63) is 12.2 Å². The van der Waals surface area contributed by atoms with Gasteiger partial charge in [0.15, 0.2) is 5.82 Å². The summed E-state index contributed by atoms with van der Waals surface area (Å²) in [6.45, 7) is 2.49. The summed E-state index contributed by atoms with van der Waals surface area (Å²) in [5, 5.41) is 14.0. The van der Waals surface area contributed by atoms with E-state index in [1.165, 1.54) is 11.0 Å². The predicted molar refractivity (Wildman–Crippen MR) is 34.6 cm³/mol. The number of carbonyl (C=O) groups excluding carboxylic acids is 1. The van der Waals surface area contributed by atoms with Gasteiger partial charge in [-0.05, 0) is 6.42 Å². The molecule has 0 saturated carbocycles. The maximum atomic E-state index is 10.3. The topological polar surface area (TPSA) is 70.8 Å². The average Bonchev–Trinajstić information content (AvgIpc) is 2.36. The molecule has 0 radical (unpaired) electrons. The molecule has 0 amide bonds. The molecule has 1 aromatic heterocycles. The number of carboxylic acid groups (broad SMARTS) is 1. The van der Waals surface area contributed by atoms with Gasteiger partial charge in [-0.1, -0.05) is 6.92 Å². The summed E-state index contributed by atoms with van der Waals surface area (Å²) < 4.78 is 1.31. The molecule has 1 rings (SSSR count). The molecule has 6 heteroatoms. The third-order valence-corrected chi connectivity index (χ3v) is 1.23. The van der Waals surface area contributed by atoms with Gasteiger partial charge in [-0.15, -0.1) is 0 Å². The van der Waals surface area contributed by atoms with Crippen LogP contribution in [0.2, 0.25) is 0 Å². The monoisotopic (exact) mass is 193 g/mol. The molecule has 0 aliphatic heterocycles. The van der Waals surface area contributed by atoms with Crippen LogP contribution in [0.15, 0.2) is 6.33 Å². The number of carboxylic acids is 1. The third-order valence-electron chi connectivity index (χ3n) is 1.23. The molecule has 0 aromatic carbocycles. The second-order valence-corrected chi connectivity index (χ2v) is 2.09. The first-order chi connectivity index (χ1) is 5.25. The molecule has 0 saturated heterocycles. The average molecular weight is 193 g/mol. The van der Waals surface area contributed by atoms with Crippen LogP contribution < -0.4 is 56.5 Å². The first-order valence-electron chi connectivity index (χ1n) is 3.35. The Bertz CT molecular complexity index is 261. The number of hydrogen-bond donors (Lipinski definition) is 0. The van der Waals surface area contributed by atoms with E-state index in [4.69, 9.17) is 0 Å². The normalized spacial score (nSPS) is 9.08. The van der Waals surface area contributed by atoms with Crippen LogP contribution in [0.5, 0.6) is 0 Å². The zero-order valence-corrected chi connectivity index (χ0v) is 10.3. The van der Waals surface area contributed by atoms with Crippen molar-refractivity contribution in [2.75, 3.05) is 0 Å². The molecule has 0 aliphatic carbocycles. The number of aryl methyl sites for hydroxylation is 1. The van der Waals surface area contributed by atoms with Crippen molar-refractivity contribution >= 4 is 5.97 Å². The van der Waals surface area contributed by atoms with Gasteiger partial charge in [-0.2, -0.15) is 5.10 Å². The van der Waals surface area contributed by atoms with Crippen LogP contribution in [0.3, 0.4) is 0 Å². The standard InChI is InChI=1S/C6H9N3O2.K/c1-2-3-9-5(6(10)11)7-4-8-9;/h4H,2-3H2,1H3,(H,10,11);/q;+1/p-1.